The minimum atomic E-state index is -0.832. The number of aromatic nitrogens is 2. The van der Waals surface area contributed by atoms with Gasteiger partial charge < -0.3 is 5.32 Å². The number of anilines is 1. The summed E-state index contributed by atoms with van der Waals surface area (Å²) in [6, 6.07) is 4.19. The van der Waals surface area contributed by atoms with Crippen LogP contribution in [0.2, 0.25) is 0 Å². The maximum absolute atomic E-state index is 13.5. The summed E-state index contributed by atoms with van der Waals surface area (Å²) < 4.78 is 14.7. The van der Waals surface area contributed by atoms with Gasteiger partial charge in [0.1, 0.15) is 12.0 Å². The summed E-state index contributed by atoms with van der Waals surface area (Å²) in [5.74, 6) is -1.45. The Morgan fingerprint density at radius 1 is 1.50 bits per heavy atom. The Hall–Kier alpha value is -2.77. The Bertz CT molecular complexity index is 696. The fourth-order valence-corrected chi connectivity index (χ4v) is 1.69. The van der Waals surface area contributed by atoms with Gasteiger partial charge >= 0.3 is 5.69 Å². The van der Waals surface area contributed by atoms with Crippen LogP contribution in [-0.2, 0) is 7.05 Å². The molecule has 1 heterocycles. The molecule has 20 heavy (non-hydrogen) atoms. The van der Waals surface area contributed by atoms with Crippen LogP contribution in [0.1, 0.15) is 16.1 Å². The fourth-order valence-electron chi connectivity index (χ4n) is 1.69. The van der Waals surface area contributed by atoms with Crippen molar-refractivity contribution in [1.29, 1.82) is 0 Å². The third kappa shape index (κ3) is 2.63. The predicted octanol–water partition coefficient (Wildman–Crippen LogP) is 2.03. The van der Waals surface area contributed by atoms with Gasteiger partial charge in [-0.25, -0.2) is 4.39 Å². The lowest BCUT2D eigenvalue weighted by atomic mass is 10.2. The van der Waals surface area contributed by atoms with Crippen LogP contribution >= 0.6 is 0 Å². The SMILES string of the molecule is Cc1ccc(F)c(NC(=O)c2nn(C)cc2[N+](=O)[O-])c1. The first-order valence-corrected chi connectivity index (χ1v) is 5.64. The Morgan fingerprint density at radius 3 is 2.85 bits per heavy atom. The van der Waals surface area contributed by atoms with Crippen molar-refractivity contribution in [3.8, 4) is 0 Å². The number of halogens is 1. The molecule has 0 saturated heterocycles. The zero-order valence-electron chi connectivity index (χ0n) is 10.8. The smallest absolute Gasteiger partial charge is 0.318 e. The van der Waals surface area contributed by atoms with Crippen LogP contribution in [0.5, 0.6) is 0 Å². The summed E-state index contributed by atoms with van der Waals surface area (Å²) in [6.45, 7) is 1.73. The van der Waals surface area contributed by atoms with Crippen LogP contribution in [0, 0.1) is 22.9 Å². The van der Waals surface area contributed by atoms with E-state index in [2.05, 4.69) is 10.4 Å². The average Bonchev–Trinajstić information content (AvgIpc) is 2.76. The van der Waals surface area contributed by atoms with Crippen molar-refractivity contribution < 1.29 is 14.1 Å². The van der Waals surface area contributed by atoms with Crippen molar-refractivity contribution in [2.24, 2.45) is 7.05 Å². The number of hydrogen-bond acceptors (Lipinski definition) is 4. The van der Waals surface area contributed by atoms with Crippen LogP contribution in [0.25, 0.3) is 0 Å². The number of nitrogens with one attached hydrogen (secondary N) is 1. The second-order valence-corrected chi connectivity index (χ2v) is 4.23. The molecule has 0 aliphatic carbocycles. The van der Waals surface area contributed by atoms with Crippen LogP contribution in [-0.4, -0.2) is 20.6 Å². The molecule has 0 unspecified atom stereocenters. The second-order valence-electron chi connectivity index (χ2n) is 4.23. The molecule has 2 rings (SSSR count). The summed E-state index contributed by atoms with van der Waals surface area (Å²) in [7, 11) is 1.46. The van der Waals surface area contributed by atoms with Crippen molar-refractivity contribution in [1.82, 2.24) is 9.78 Å². The van der Waals surface area contributed by atoms with Crippen molar-refractivity contribution in [3.05, 3.63) is 51.6 Å². The van der Waals surface area contributed by atoms with E-state index >= 15 is 0 Å². The molecule has 1 N–H and O–H groups in total. The van der Waals surface area contributed by atoms with E-state index in [1.807, 2.05) is 0 Å². The summed E-state index contributed by atoms with van der Waals surface area (Å²) in [5.41, 5.74) is -0.0939. The van der Waals surface area contributed by atoms with Crippen molar-refractivity contribution in [2.75, 3.05) is 5.32 Å². The molecule has 1 aromatic heterocycles. The van der Waals surface area contributed by atoms with Crippen molar-refractivity contribution in [3.63, 3.8) is 0 Å². The number of amides is 1. The number of nitro groups is 1. The van der Waals surface area contributed by atoms with E-state index in [9.17, 15) is 19.3 Å². The number of carbonyl (C=O) groups excluding carboxylic acids is 1. The molecule has 1 aromatic carbocycles. The summed E-state index contributed by atoms with van der Waals surface area (Å²) in [5, 5.41) is 16.8. The molecule has 0 radical (unpaired) electrons. The van der Waals surface area contributed by atoms with Gasteiger partial charge in [-0.2, -0.15) is 5.10 Å². The summed E-state index contributed by atoms with van der Waals surface area (Å²) in [6.07, 6.45) is 1.11. The maximum atomic E-state index is 13.5. The average molecular weight is 278 g/mol. The normalized spacial score (nSPS) is 10.3. The predicted molar refractivity (Wildman–Crippen MR) is 69.0 cm³/mol. The van der Waals surface area contributed by atoms with E-state index < -0.39 is 22.3 Å². The van der Waals surface area contributed by atoms with E-state index in [-0.39, 0.29) is 11.4 Å². The standard InChI is InChI=1S/C12H11FN4O3/c1-7-3-4-8(13)9(5-7)14-12(18)11-10(17(19)20)6-16(2)15-11/h3-6H,1-2H3,(H,14,18). The number of benzene rings is 1. The van der Waals surface area contributed by atoms with Crippen molar-refractivity contribution >= 4 is 17.3 Å². The number of aryl methyl sites for hydroxylation is 2. The Balaban J connectivity index is 2.33. The zero-order valence-corrected chi connectivity index (χ0v) is 10.8. The minimum Gasteiger partial charge on any atom is -0.318 e. The van der Waals surface area contributed by atoms with Gasteiger partial charge in [0.05, 0.1) is 10.6 Å². The molecule has 0 saturated carbocycles. The van der Waals surface area contributed by atoms with Gasteiger partial charge in [0, 0.05) is 7.05 Å². The molecule has 0 spiro atoms. The molecular formula is C12H11FN4O3. The number of carbonyl (C=O) groups is 1. The molecule has 2 aromatic rings. The highest BCUT2D eigenvalue weighted by molar-refractivity contribution is 6.05. The topological polar surface area (TPSA) is 90.1 Å². The van der Waals surface area contributed by atoms with Crippen LogP contribution in [0.3, 0.4) is 0 Å². The molecule has 0 atom stereocenters. The van der Waals surface area contributed by atoms with Gasteiger partial charge in [0.15, 0.2) is 0 Å². The molecule has 0 bridgehead atoms. The molecule has 104 valence electrons. The largest absolute Gasteiger partial charge is 0.320 e. The molecular weight excluding hydrogens is 267 g/mol. The monoisotopic (exact) mass is 278 g/mol. The van der Waals surface area contributed by atoms with Crippen molar-refractivity contribution in [2.45, 2.75) is 6.92 Å². The van der Waals surface area contributed by atoms with Gasteiger partial charge in [0.2, 0.25) is 5.69 Å². The first-order chi connectivity index (χ1) is 9.38. The first kappa shape index (κ1) is 13.7. The number of hydrogen-bond donors (Lipinski definition) is 1. The molecule has 0 fully saturated rings. The van der Waals surface area contributed by atoms with E-state index in [1.165, 1.54) is 19.2 Å². The zero-order chi connectivity index (χ0) is 14.9. The van der Waals surface area contributed by atoms with E-state index in [1.54, 1.807) is 13.0 Å². The van der Waals surface area contributed by atoms with E-state index in [0.717, 1.165) is 16.4 Å². The lowest BCUT2D eigenvalue weighted by molar-refractivity contribution is -0.385. The van der Waals surface area contributed by atoms with Gasteiger partial charge in [-0.3, -0.25) is 19.6 Å². The van der Waals surface area contributed by atoms with Gasteiger partial charge in [-0.15, -0.1) is 0 Å². The molecule has 8 heteroatoms. The lowest BCUT2D eigenvalue weighted by Crippen LogP contribution is -2.15. The highest BCUT2D eigenvalue weighted by atomic mass is 19.1. The van der Waals surface area contributed by atoms with Crippen LogP contribution in [0.15, 0.2) is 24.4 Å². The summed E-state index contributed by atoms with van der Waals surface area (Å²) in [4.78, 5) is 22.1. The van der Waals surface area contributed by atoms with Crippen LogP contribution in [0.4, 0.5) is 15.8 Å². The number of rotatable bonds is 3. The molecule has 7 nitrogen and oxygen atoms in total. The van der Waals surface area contributed by atoms with Gasteiger partial charge in [-0.05, 0) is 24.6 Å². The summed E-state index contributed by atoms with van der Waals surface area (Å²) >= 11 is 0. The molecule has 1 amide bonds. The third-order valence-corrected chi connectivity index (χ3v) is 2.59. The molecule has 0 aliphatic rings. The third-order valence-electron chi connectivity index (χ3n) is 2.59. The Kier molecular flexibility index (Phi) is 3.47. The Morgan fingerprint density at radius 2 is 2.20 bits per heavy atom. The van der Waals surface area contributed by atoms with Gasteiger partial charge in [0.25, 0.3) is 5.91 Å². The maximum Gasteiger partial charge on any atom is 0.320 e. The minimum absolute atomic E-state index is 0.0463. The quantitative estimate of drug-likeness (QED) is 0.687. The Labute approximate surface area is 113 Å². The highest BCUT2D eigenvalue weighted by Crippen LogP contribution is 2.20. The molecule has 0 aliphatic heterocycles. The first-order valence-electron chi connectivity index (χ1n) is 5.64. The second kappa shape index (κ2) is 5.08. The fraction of sp³-hybridized carbons (Fsp3) is 0.167. The van der Waals surface area contributed by atoms with Gasteiger partial charge in [-0.1, -0.05) is 6.07 Å². The highest BCUT2D eigenvalue weighted by Gasteiger charge is 2.25. The van der Waals surface area contributed by atoms with E-state index in [0.29, 0.717) is 0 Å². The lowest BCUT2D eigenvalue weighted by Gasteiger charge is -2.05. The van der Waals surface area contributed by atoms with E-state index in [4.69, 9.17) is 0 Å². The number of nitrogens with zero attached hydrogens (tertiary/aromatic N) is 3. The van der Waals surface area contributed by atoms with Crippen LogP contribution < -0.4 is 5.32 Å².